The van der Waals surface area contributed by atoms with Gasteiger partial charge in [0.2, 0.25) is 0 Å². The molecule has 112 valence electrons. The average Bonchev–Trinajstić information content (AvgIpc) is 2.48. The van der Waals surface area contributed by atoms with E-state index in [2.05, 4.69) is 35.1 Å². The van der Waals surface area contributed by atoms with Crippen LogP contribution in [0.25, 0.3) is 0 Å². The molecule has 0 saturated heterocycles. The molecule has 2 aromatic rings. The van der Waals surface area contributed by atoms with Crippen LogP contribution < -0.4 is 10.1 Å². The number of phenolic OH excluding ortho intramolecular Hbond substituents is 1. The fourth-order valence-corrected chi connectivity index (χ4v) is 2.31. The van der Waals surface area contributed by atoms with Crippen molar-refractivity contribution in [3.05, 3.63) is 58.1 Å². The molecule has 0 aromatic heterocycles. The lowest BCUT2D eigenvalue weighted by Crippen LogP contribution is -2.31. The van der Waals surface area contributed by atoms with Gasteiger partial charge < -0.3 is 15.2 Å². The maximum Gasteiger partial charge on any atom is 0.134 e. The van der Waals surface area contributed by atoms with Gasteiger partial charge in [0.25, 0.3) is 0 Å². The zero-order valence-electron chi connectivity index (χ0n) is 12.3. The number of aryl methyl sites for hydroxylation is 1. The van der Waals surface area contributed by atoms with Gasteiger partial charge in [0.15, 0.2) is 0 Å². The van der Waals surface area contributed by atoms with Crippen LogP contribution in [0.15, 0.2) is 46.9 Å². The number of rotatable bonds is 6. The third-order valence-electron chi connectivity index (χ3n) is 3.23. The molecule has 0 bridgehead atoms. The van der Waals surface area contributed by atoms with Gasteiger partial charge in [0.05, 0.1) is 4.47 Å². The first-order valence-electron chi connectivity index (χ1n) is 6.95. The number of aromatic hydroxyl groups is 1. The Morgan fingerprint density at radius 1 is 1.19 bits per heavy atom. The Kier molecular flexibility index (Phi) is 5.65. The Balaban J connectivity index is 1.80. The molecule has 3 nitrogen and oxygen atoms in total. The summed E-state index contributed by atoms with van der Waals surface area (Å²) in [6.07, 6.45) is 0. The maximum atomic E-state index is 9.93. The van der Waals surface area contributed by atoms with Gasteiger partial charge in [-0.1, -0.05) is 29.8 Å². The third kappa shape index (κ3) is 4.76. The zero-order chi connectivity index (χ0) is 15.2. The number of benzene rings is 2. The van der Waals surface area contributed by atoms with E-state index in [1.165, 1.54) is 5.56 Å². The first kappa shape index (κ1) is 15.9. The van der Waals surface area contributed by atoms with E-state index in [1.54, 1.807) is 0 Å². The van der Waals surface area contributed by atoms with E-state index in [-0.39, 0.29) is 11.8 Å². The second-order valence-electron chi connectivity index (χ2n) is 5.15. The van der Waals surface area contributed by atoms with Crippen LogP contribution in [0.5, 0.6) is 11.5 Å². The van der Waals surface area contributed by atoms with Crippen LogP contribution in [0.2, 0.25) is 0 Å². The van der Waals surface area contributed by atoms with Crippen LogP contribution >= 0.6 is 15.9 Å². The summed E-state index contributed by atoms with van der Waals surface area (Å²) in [4.78, 5) is 0. The molecule has 4 heteroatoms. The first-order chi connectivity index (χ1) is 10.1. The van der Waals surface area contributed by atoms with Crippen molar-refractivity contribution in [1.29, 1.82) is 0 Å². The van der Waals surface area contributed by atoms with Gasteiger partial charge in [-0.15, -0.1) is 0 Å². The molecule has 0 saturated carbocycles. The zero-order valence-corrected chi connectivity index (χ0v) is 13.9. The van der Waals surface area contributed by atoms with E-state index in [0.717, 1.165) is 11.3 Å². The Morgan fingerprint density at radius 3 is 2.62 bits per heavy atom. The van der Waals surface area contributed by atoms with Gasteiger partial charge >= 0.3 is 0 Å². The first-order valence-corrected chi connectivity index (χ1v) is 7.75. The summed E-state index contributed by atoms with van der Waals surface area (Å²) in [6.45, 7) is 5.29. The number of halogens is 1. The maximum absolute atomic E-state index is 9.93. The van der Waals surface area contributed by atoms with Crippen molar-refractivity contribution in [1.82, 2.24) is 5.32 Å². The fourth-order valence-electron chi connectivity index (χ4n) is 1.90. The molecule has 0 radical (unpaired) electrons. The molecular weight excluding hydrogens is 330 g/mol. The van der Waals surface area contributed by atoms with Crippen molar-refractivity contribution < 1.29 is 9.84 Å². The predicted molar refractivity (Wildman–Crippen MR) is 88.8 cm³/mol. The summed E-state index contributed by atoms with van der Waals surface area (Å²) in [7, 11) is 0. The normalized spacial score (nSPS) is 12.1. The fraction of sp³-hybridized carbons (Fsp3) is 0.294. The topological polar surface area (TPSA) is 41.5 Å². The van der Waals surface area contributed by atoms with E-state index in [9.17, 15) is 5.11 Å². The summed E-state index contributed by atoms with van der Waals surface area (Å²) in [5.74, 6) is 1.16. The molecule has 0 spiro atoms. The number of ether oxygens (including phenoxy) is 1. The minimum atomic E-state index is 0.185. The van der Waals surface area contributed by atoms with Gasteiger partial charge in [0.1, 0.15) is 18.1 Å². The molecular formula is C17H20BrNO2. The summed E-state index contributed by atoms with van der Waals surface area (Å²) in [6, 6.07) is 13.8. The number of para-hydroxylation sites is 1. The van der Waals surface area contributed by atoms with Gasteiger partial charge in [-0.05, 0) is 48.0 Å². The van der Waals surface area contributed by atoms with Crippen molar-refractivity contribution in [2.45, 2.75) is 26.4 Å². The van der Waals surface area contributed by atoms with Crippen molar-refractivity contribution in [2.75, 3.05) is 6.61 Å². The van der Waals surface area contributed by atoms with Gasteiger partial charge in [-0.2, -0.15) is 0 Å². The number of phenols is 1. The molecule has 0 aliphatic carbocycles. The Hall–Kier alpha value is -1.52. The second-order valence-corrected chi connectivity index (χ2v) is 6.01. The largest absolute Gasteiger partial charge is 0.506 e. The van der Waals surface area contributed by atoms with E-state index in [0.29, 0.717) is 17.6 Å². The van der Waals surface area contributed by atoms with E-state index in [1.807, 2.05) is 42.5 Å². The molecule has 0 aliphatic heterocycles. The van der Waals surface area contributed by atoms with Crippen molar-refractivity contribution in [3.63, 3.8) is 0 Å². The van der Waals surface area contributed by atoms with Crippen molar-refractivity contribution in [3.8, 4) is 11.5 Å². The number of nitrogens with one attached hydrogen (secondary N) is 1. The standard InChI is InChI=1S/C17H20BrNO2/c1-12-6-8-15(9-7-12)21-11-13(2)19-10-14-4-3-5-16(18)17(14)20/h3-9,13,19-20H,10-11H2,1-2H3. The molecule has 21 heavy (non-hydrogen) atoms. The van der Waals surface area contributed by atoms with Gasteiger partial charge in [-0.3, -0.25) is 0 Å². The molecule has 0 aliphatic rings. The Bertz CT molecular complexity index is 584. The molecule has 2 aromatic carbocycles. The Labute approximate surface area is 134 Å². The third-order valence-corrected chi connectivity index (χ3v) is 3.87. The molecule has 0 heterocycles. The summed E-state index contributed by atoms with van der Waals surface area (Å²) in [5.41, 5.74) is 2.09. The van der Waals surface area contributed by atoms with Gasteiger partial charge in [0, 0.05) is 18.2 Å². The molecule has 1 atom stereocenters. The minimum absolute atomic E-state index is 0.185. The lowest BCUT2D eigenvalue weighted by Gasteiger charge is -2.16. The van der Waals surface area contributed by atoms with Crippen LogP contribution in [0.4, 0.5) is 0 Å². The second kappa shape index (κ2) is 7.48. The molecule has 2 N–H and O–H groups in total. The van der Waals surface area contributed by atoms with Crippen molar-refractivity contribution >= 4 is 15.9 Å². The lowest BCUT2D eigenvalue weighted by atomic mass is 10.2. The highest BCUT2D eigenvalue weighted by molar-refractivity contribution is 9.10. The molecule has 2 rings (SSSR count). The van der Waals surface area contributed by atoms with Gasteiger partial charge in [-0.25, -0.2) is 0 Å². The van der Waals surface area contributed by atoms with Crippen LogP contribution in [0, 0.1) is 6.92 Å². The summed E-state index contributed by atoms with van der Waals surface area (Å²) in [5, 5.41) is 13.3. The SMILES string of the molecule is Cc1ccc(OCC(C)NCc2cccc(Br)c2O)cc1. The molecule has 1 unspecified atom stereocenters. The lowest BCUT2D eigenvalue weighted by molar-refractivity contribution is 0.272. The van der Waals surface area contributed by atoms with Crippen molar-refractivity contribution in [2.24, 2.45) is 0 Å². The van der Waals surface area contributed by atoms with Crippen LogP contribution in [0.1, 0.15) is 18.1 Å². The Morgan fingerprint density at radius 2 is 1.90 bits per heavy atom. The minimum Gasteiger partial charge on any atom is -0.506 e. The van der Waals surface area contributed by atoms with Crippen LogP contribution in [-0.2, 0) is 6.54 Å². The quantitative estimate of drug-likeness (QED) is 0.827. The molecule has 0 fully saturated rings. The highest BCUT2D eigenvalue weighted by atomic mass is 79.9. The smallest absolute Gasteiger partial charge is 0.134 e. The number of hydrogen-bond donors (Lipinski definition) is 2. The summed E-state index contributed by atoms with van der Waals surface area (Å²) < 4.78 is 6.44. The highest BCUT2D eigenvalue weighted by Gasteiger charge is 2.07. The van der Waals surface area contributed by atoms with E-state index >= 15 is 0 Å². The van der Waals surface area contributed by atoms with Crippen LogP contribution in [0.3, 0.4) is 0 Å². The average molecular weight is 350 g/mol. The van der Waals surface area contributed by atoms with Crippen LogP contribution in [-0.4, -0.2) is 17.8 Å². The monoisotopic (exact) mass is 349 g/mol. The highest BCUT2D eigenvalue weighted by Crippen LogP contribution is 2.27. The van der Waals surface area contributed by atoms with E-state index < -0.39 is 0 Å². The number of hydrogen-bond acceptors (Lipinski definition) is 3. The predicted octanol–water partition coefficient (Wildman–Crippen LogP) is 4.02. The summed E-state index contributed by atoms with van der Waals surface area (Å²) >= 11 is 3.32. The van der Waals surface area contributed by atoms with E-state index in [4.69, 9.17) is 4.74 Å². The molecule has 0 amide bonds.